The third-order valence-electron chi connectivity index (χ3n) is 4.07. The summed E-state index contributed by atoms with van der Waals surface area (Å²) in [7, 11) is 0. The molecule has 0 spiro atoms. The fraction of sp³-hybridized carbons (Fsp3) is 0.250. The summed E-state index contributed by atoms with van der Waals surface area (Å²) in [6.45, 7) is 2.37. The van der Waals surface area contributed by atoms with Gasteiger partial charge in [0.25, 0.3) is 5.91 Å². The van der Waals surface area contributed by atoms with Crippen LogP contribution >= 0.6 is 0 Å². The molecule has 2 aromatic carbocycles. The van der Waals surface area contributed by atoms with E-state index in [2.05, 4.69) is 16.0 Å². The predicted octanol–water partition coefficient (Wildman–Crippen LogP) is 2.14. The van der Waals surface area contributed by atoms with Gasteiger partial charge in [0.05, 0.1) is 11.3 Å². The number of rotatable bonds is 5. The first-order chi connectivity index (χ1) is 12.5. The zero-order valence-electron chi connectivity index (χ0n) is 14.5. The molecule has 6 nitrogen and oxygen atoms in total. The molecule has 3 rings (SSSR count). The molecule has 3 N–H and O–H groups in total. The number of nitrogens with one attached hydrogen (secondary N) is 3. The van der Waals surface area contributed by atoms with Gasteiger partial charge in [0.2, 0.25) is 0 Å². The van der Waals surface area contributed by atoms with Crippen LogP contribution in [-0.4, -0.2) is 23.8 Å². The highest BCUT2D eigenvalue weighted by Gasteiger charge is 2.26. The van der Waals surface area contributed by atoms with Gasteiger partial charge in [-0.2, -0.15) is 0 Å². The second-order valence-corrected chi connectivity index (χ2v) is 6.42. The lowest BCUT2D eigenvalue weighted by Crippen LogP contribution is -2.37. The molecule has 26 heavy (non-hydrogen) atoms. The predicted molar refractivity (Wildman–Crippen MR) is 98.6 cm³/mol. The molecule has 0 heterocycles. The lowest BCUT2D eigenvalue weighted by atomic mass is 10.1. The molecule has 3 amide bonds. The summed E-state index contributed by atoms with van der Waals surface area (Å²) < 4.78 is 0. The summed E-state index contributed by atoms with van der Waals surface area (Å²) >= 11 is 0. The van der Waals surface area contributed by atoms with Crippen LogP contribution in [0, 0.1) is 6.92 Å². The second kappa shape index (κ2) is 7.82. The maximum absolute atomic E-state index is 12.5. The van der Waals surface area contributed by atoms with Crippen molar-refractivity contribution >= 4 is 23.4 Å². The number of hydrogen-bond acceptors (Lipinski definition) is 3. The molecule has 0 unspecified atom stereocenters. The minimum Gasteiger partial charge on any atom is -0.348 e. The molecule has 1 fully saturated rings. The van der Waals surface area contributed by atoms with Gasteiger partial charge < -0.3 is 16.0 Å². The van der Waals surface area contributed by atoms with Crippen molar-refractivity contribution in [3.8, 4) is 0 Å². The molecule has 0 aromatic heterocycles. The highest BCUT2D eigenvalue weighted by molar-refractivity contribution is 6.40. The first kappa shape index (κ1) is 17.7. The van der Waals surface area contributed by atoms with Gasteiger partial charge in [-0.1, -0.05) is 42.0 Å². The quantitative estimate of drug-likeness (QED) is 0.721. The fourth-order valence-corrected chi connectivity index (χ4v) is 2.55. The van der Waals surface area contributed by atoms with E-state index in [4.69, 9.17) is 0 Å². The zero-order valence-corrected chi connectivity index (χ0v) is 14.5. The van der Waals surface area contributed by atoms with Crippen molar-refractivity contribution in [2.24, 2.45) is 0 Å². The number of hydrogen-bond donors (Lipinski definition) is 3. The van der Waals surface area contributed by atoms with Gasteiger partial charge in [0.15, 0.2) is 0 Å². The smallest absolute Gasteiger partial charge is 0.313 e. The molecular formula is C20H21N3O3. The SMILES string of the molecule is Cc1cccc(CNC(=O)c2ccccc2NC(=O)C(=O)NC2CC2)c1. The molecule has 2 aromatic rings. The molecule has 6 heteroatoms. The van der Waals surface area contributed by atoms with E-state index in [0.717, 1.165) is 24.0 Å². The Morgan fingerprint density at radius 1 is 1.00 bits per heavy atom. The molecule has 0 aliphatic heterocycles. The molecule has 1 saturated carbocycles. The van der Waals surface area contributed by atoms with E-state index in [1.807, 2.05) is 31.2 Å². The van der Waals surface area contributed by atoms with Crippen LogP contribution in [0.3, 0.4) is 0 Å². The summed E-state index contributed by atoms with van der Waals surface area (Å²) in [5.74, 6) is -1.76. The topological polar surface area (TPSA) is 87.3 Å². The molecule has 134 valence electrons. The average Bonchev–Trinajstić information content (AvgIpc) is 3.44. The van der Waals surface area contributed by atoms with Crippen molar-refractivity contribution in [2.45, 2.75) is 32.4 Å². The normalized spacial score (nSPS) is 13.0. The van der Waals surface area contributed by atoms with E-state index in [1.54, 1.807) is 24.3 Å². The van der Waals surface area contributed by atoms with Gasteiger partial charge >= 0.3 is 11.8 Å². The molecule has 0 radical (unpaired) electrons. The second-order valence-electron chi connectivity index (χ2n) is 6.42. The number of amides is 3. The summed E-state index contributed by atoms with van der Waals surface area (Å²) in [6, 6.07) is 14.6. The number of anilines is 1. The molecule has 0 atom stereocenters. The zero-order chi connectivity index (χ0) is 18.5. The third kappa shape index (κ3) is 4.69. The molecule has 1 aliphatic rings. The summed E-state index contributed by atoms with van der Waals surface area (Å²) in [4.78, 5) is 36.3. The Morgan fingerprint density at radius 2 is 1.77 bits per heavy atom. The van der Waals surface area contributed by atoms with Crippen LogP contribution in [0.5, 0.6) is 0 Å². The Kier molecular flexibility index (Phi) is 5.31. The number of benzene rings is 2. The Labute approximate surface area is 152 Å². The molecule has 0 bridgehead atoms. The Hall–Kier alpha value is -3.15. The van der Waals surface area contributed by atoms with Crippen LogP contribution in [0.25, 0.3) is 0 Å². The van der Waals surface area contributed by atoms with Gasteiger partial charge in [0.1, 0.15) is 0 Å². The van der Waals surface area contributed by atoms with Crippen LogP contribution in [0.2, 0.25) is 0 Å². The van der Waals surface area contributed by atoms with Crippen molar-refractivity contribution < 1.29 is 14.4 Å². The van der Waals surface area contributed by atoms with E-state index in [9.17, 15) is 14.4 Å². The van der Waals surface area contributed by atoms with Crippen LogP contribution in [0.1, 0.15) is 34.3 Å². The number of carbonyl (C=O) groups is 3. The van der Waals surface area contributed by atoms with E-state index >= 15 is 0 Å². The summed E-state index contributed by atoms with van der Waals surface area (Å²) in [5, 5.41) is 7.98. The van der Waals surface area contributed by atoms with Gasteiger partial charge in [-0.3, -0.25) is 14.4 Å². The fourth-order valence-electron chi connectivity index (χ4n) is 2.55. The van der Waals surface area contributed by atoms with E-state index in [0.29, 0.717) is 17.8 Å². The number of para-hydroxylation sites is 1. The monoisotopic (exact) mass is 351 g/mol. The third-order valence-corrected chi connectivity index (χ3v) is 4.07. The van der Waals surface area contributed by atoms with Crippen LogP contribution in [-0.2, 0) is 16.1 Å². The Balaban J connectivity index is 1.64. The average molecular weight is 351 g/mol. The molecular weight excluding hydrogens is 330 g/mol. The lowest BCUT2D eigenvalue weighted by Gasteiger charge is -2.11. The number of aryl methyl sites for hydroxylation is 1. The molecule has 1 aliphatic carbocycles. The largest absolute Gasteiger partial charge is 0.348 e. The summed E-state index contributed by atoms with van der Waals surface area (Å²) in [6.07, 6.45) is 1.80. The number of carbonyl (C=O) groups excluding carboxylic acids is 3. The van der Waals surface area contributed by atoms with Crippen LogP contribution < -0.4 is 16.0 Å². The van der Waals surface area contributed by atoms with Gasteiger partial charge in [0, 0.05) is 12.6 Å². The van der Waals surface area contributed by atoms with Crippen molar-refractivity contribution in [1.82, 2.24) is 10.6 Å². The van der Waals surface area contributed by atoms with E-state index in [1.165, 1.54) is 0 Å². The maximum Gasteiger partial charge on any atom is 0.313 e. The van der Waals surface area contributed by atoms with Crippen molar-refractivity contribution in [2.75, 3.05) is 5.32 Å². The van der Waals surface area contributed by atoms with Crippen LogP contribution in [0.15, 0.2) is 48.5 Å². The maximum atomic E-state index is 12.5. The minimum atomic E-state index is -0.768. The minimum absolute atomic E-state index is 0.0983. The van der Waals surface area contributed by atoms with Crippen molar-refractivity contribution in [3.05, 3.63) is 65.2 Å². The van der Waals surface area contributed by atoms with Gasteiger partial charge in [-0.05, 0) is 37.5 Å². The van der Waals surface area contributed by atoms with Gasteiger partial charge in [-0.25, -0.2) is 0 Å². The Morgan fingerprint density at radius 3 is 2.50 bits per heavy atom. The van der Waals surface area contributed by atoms with Gasteiger partial charge in [-0.15, -0.1) is 0 Å². The Bertz CT molecular complexity index is 844. The highest BCUT2D eigenvalue weighted by Crippen LogP contribution is 2.19. The van der Waals surface area contributed by atoms with E-state index < -0.39 is 11.8 Å². The first-order valence-corrected chi connectivity index (χ1v) is 8.57. The van der Waals surface area contributed by atoms with E-state index in [-0.39, 0.29) is 11.9 Å². The standard InChI is InChI=1S/C20H21N3O3/c1-13-5-4-6-14(11-13)12-21-18(24)16-7-2-3-8-17(16)23-20(26)19(25)22-15-9-10-15/h2-8,11,15H,9-10,12H2,1H3,(H,21,24)(H,22,25)(H,23,26). The lowest BCUT2D eigenvalue weighted by molar-refractivity contribution is -0.136. The van der Waals surface area contributed by atoms with Crippen molar-refractivity contribution in [3.63, 3.8) is 0 Å². The summed E-state index contributed by atoms with van der Waals surface area (Å²) in [5.41, 5.74) is 2.73. The highest BCUT2D eigenvalue weighted by atomic mass is 16.2. The van der Waals surface area contributed by atoms with Crippen LogP contribution in [0.4, 0.5) is 5.69 Å². The molecule has 0 saturated heterocycles. The van der Waals surface area contributed by atoms with Crippen molar-refractivity contribution in [1.29, 1.82) is 0 Å². The first-order valence-electron chi connectivity index (χ1n) is 8.57.